The molecule has 0 saturated carbocycles. The second-order valence-electron chi connectivity index (χ2n) is 8.39. The van der Waals surface area contributed by atoms with Crippen LogP contribution in [0.5, 0.6) is 0 Å². The fraction of sp³-hybridized carbons (Fsp3) is 0.571. The fourth-order valence-electron chi connectivity index (χ4n) is 4.57. The highest BCUT2D eigenvalue weighted by Crippen LogP contribution is 2.47. The highest BCUT2D eigenvalue weighted by atomic mass is 32.2. The van der Waals surface area contributed by atoms with Crippen LogP contribution in [0.2, 0.25) is 0 Å². The largest absolute Gasteiger partial charge is 0.416 e. The highest BCUT2D eigenvalue weighted by molar-refractivity contribution is 8.01. The lowest BCUT2D eigenvalue weighted by atomic mass is 10.0. The standard InChI is InChI=1S/C21H24F3N3O3S/c1-20-8-7-18(29)27(20)16(12-31-20)19(30)25-15(11-26-9-3-6-17(26)28)13-4-2-5-14(10-13)21(22,23)24/h2,4-5,10,15-16H,3,6-9,11-12H2,1H3,(H,25,30). The second-order valence-corrected chi connectivity index (χ2v) is 9.89. The molecule has 1 aromatic rings. The molecule has 3 heterocycles. The number of hydrogen-bond acceptors (Lipinski definition) is 4. The molecule has 168 valence electrons. The van der Waals surface area contributed by atoms with Crippen molar-refractivity contribution in [3.63, 3.8) is 0 Å². The van der Waals surface area contributed by atoms with Crippen molar-refractivity contribution in [1.29, 1.82) is 0 Å². The van der Waals surface area contributed by atoms with Crippen LogP contribution in [0.1, 0.15) is 49.8 Å². The molecule has 6 nitrogen and oxygen atoms in total. The number of alkyl halides is 3. The molecule has 1 N–H and O–H groups in total. The van der Waals surface area contributed by atoms with Gasteiger partial charge >= 0.3 is 6.18 Å². The predicted molar refractivity (Wildman–Crippen MR) is 109 cm³/mol. The minimum absolute atomic E-state index is 0.0788. The molecule has 0 radical (unpaired) electrons. The normalized spacial score (nSPS) is 27.0. The van der Waals surface area contributed by atoms with Crippen LogP contribution in [0, 0.1) is 0 Å². The van der Waals surface area contributed by atoms with Gasteiger partial charge in [0.25, 0.3) is 0 Å². The fourth-order valence-corrected chi connectivity index (χ4v) is 6.00. The Morgan fingerprint density at radius 2 is 2.06 bits per heavy atom. The molecule has 3 fully saturated rings. The molecule has 3 saturated heterocycles. The summed E-state index contributed by atoms with van der Waals surface area (Å²) in [5.41, 5.74) is -0.528. The monoisotopic (exact) mass is 455 g/mol. The number of nitrogens with one attached hydrogen (secondary N) is 1. The van der Waals surface area contributed by atoms with E-state index in [1.165, 1.54) is 12.1 Å². The zero-order valence-electron chi connectivity index (χ0n) is 17.1. The first kappa shape index (κ1) is 22.0. The maximum absolute atomic E-state index is 13.2. The number of hydrogen-bond donors (Lipinski definition) is 1. The van der Waals surface area contributed by atoms with Crippen molar-refractivity contribution < 1.29 is 27.6 Å². The third-order valence-corrected chi connectivity index (χ3v) is 7.76. The Morgan fingerprint density at radius 3 is 2.74 bits per heavy atom. The smallest absolute Gasteiger partial charge is 0.346 e. The Kier molecular flexibility index (Phi) is 5.70. The zero-order chi connectivity index (χ0) is 22.4. The minimum atomic E-state index is -4.51. The van der Waals surface area contributed by atoms with E-state index in [2.05, 4.69) is 5.32 Å². The van der Waals surface area contributed by atoms with Gasteiger partial charge < -0.3 is 15.1 Å². The Morgan fingerprint density at radius 1 is 1.29 bits per heavy atom. The third-order valence-electron chi connectivity index (χ3n) is 6.25. The summed E-state index contributed by atoms with van der Waals surface area (Å²) < 4.78 is 39.7. The topological polar surface area (TPSA) is 69.7 Å². The number of rotatable bonds is 5. The first-order valence-corrected chi connectivity index (χ1v) is 11.3. The van der Waals surface area contributed by atoms with Gasteiger partial charge in [0, 0.05) is 31.7 Å². The van der Waals surface area contributed by atoms with E-state index in [0.29, 0.717) is 38.0 Å². The van der Waals surface area contributed by atoms with Gasteiger partial charge in [0.15, 0.2) is 0 Å². The molecule has 4 rings (SSSR count). The molecular weight excluding hydrogens is 431 g/mol. The number of fused-ring (bicyclic) bond motifs is 1. The molecule has 0 spiro atoms. The number of benzene rings is 1. The molecule has 10 heteroatoms. The predicted octanol–water partition coefficient (Wildman–Crippen LogP) is 2.94. The lowest BCUT2D eigenvalue weighted by Gasteiger charge is -2.32. The Labute approximate surface area is 182 Å². The van der Waals surface area contributed by atoms with E-state index in [4.69, 9.17) is 0 Å². The molecule has 3 aliphatic heterocycles. The van der Waals surface area contributed by atoms with Crippen molar-refractivity contribution in [1.82, 2.24) is 15.1 Å². The van der Waals surface area contributed by atoms with E-state index in [-0.39, 0.29) is 23.9 Å². The summed E-state index contributed by atoms with van der Waals surface area (Å²) >= 11 is 1.55. The van der Waals surface area contributed by atoms with Crippen molar-refractivity contribution in [2.75, 3.05) is 18.8 Å². The summed E-state index contributed by atoms with van der Waals surface area (Å²) in [5.74, 6) is -0.130. The van der Waals surface area contributed by atoms with E-state index in [1.807, 2.05) is 6.92 Å². The van der Waals surface area contributed by atoms with Crippen LogP contribution >= 0.6 is 11.8 Å². The van der Waals surface area contributed by atoms with Crippen LogP contribution in [-0.2, 0) is 20.6 Å². The quantitative estimate of drug-likeness (QED) is 0.741. The molecule has 3 atom stereocenters. The third kappa shape index (κ3) is 4.26. The average Bonchev–Trinajstić information content (AvgIpc) is 3.36. The number of nitrogens with zero attached hydrogens (tertiary/aromatic N) is 2. The van der Waals surface area contributed by atoms with Crippen molar-refractivity contribution in [3.8, 4) is 0 Å². The Bertz CT molecular complexity index is 909. The summed E-state index contributed by atoms with van der Waals surface area (Å²) in [4.78, 5) is 40.4. The van der Waals surface area contributed by atoms with Gasteiger partial charge in [0.05, 0.1) is 16.5 Å². The molecule has 3 unspecified atom stereocenters. The van der Waals surface area contributed by atoms with Crippen LogP contribution < -0.4 is 5.32 Å². The van der Waals surface area contributed by atoms with E-state index in [9.17, 15) is 27.6 Å². The minimum Gasteiger partial charge on any atom is -0.346 e. The van der Waals surface area contributed by atoms with Crippen molar-refractivity contribution in [2.24, 2.45) is 0 Å². The summed E-state index contributed by atoms with van der Waals surface area (Å²) in [6.07, 6.45) is -2.39. The number of likely N-dealkylation sites (tertiary alicyclic amines) is 1. The summed E-state index contributed by atoms with van der Waals surface area (Å²) in [7, 11) is 0. The molecule has 31 heavy (non-hydrogen) atoms. The van der Waals surface area contributed by atoms with Crippen molar-refractivity contribution in [3.05, 3.63) is 35.4 Å². The van der Waals surface area contributed by atoms with Gasteiger partial charge in [-0.2, -0.15) is 13.2 Å². The van der Waals surface area contributed by atoms with E-state index < -0.39 is 34.6 Å². The average molecular weight is 456 g/mol. The summed E-state index contributed by atoms with van der Waals surface area (Å²) in [6, 6.07) is 3.34. The molecule has 1 aromatic carbocycles. The van der Waals surface area contributed by atoms with Gasteiger partial charge in [-0.25, -0.2) is 0 Å². The number of thioether (sulfide) groups is 1. The maximum Gasteiger partial charge on any atom is 0.416 e. The van der Waals surface area contributed by atoms with Crippen LogP contribution in [0.4, 0.5) is 13.2 Å². The molecule has 0 aromatic heterocycles. The SMILES string of the molecule is CC12CCC(=O)N1C(C(=O)NC(CN1CCCC1=O)c1cccc(C(F)(F)F)c1)CS2. The van der Waals surface area contributed by atoms with Crippen LogP contribution in [0.15, 0.2) is 24.3 Å². The van der Waals surface area contributed by atoms with Crippen LogP contribution in [0.3, 0.4) is 0 Å². The summed E-state index contributed by atoms with van der Waals surface area (Å²) in [6.45, 7) is 2.53. The first-order valence-electron chi connectivity index (χ1n) is 10.3. The second kappa shape index (κ2) is 8.03. The molecule has 0 bridgehead atoms. The Hall–Kier alpha value is -2.23. The Balaban J connectivity index is 1.58. The van der Waals surface area contributed by atoms with Crippen LogP contribution in [-0.4, -0.2) is 57.3 Å². The first-order chi connectivity index (χ1) is 14.6. The van der Waals surface area contributed by atoms with Crippen molar-refractivity contribution in [2.45, 2.75) is 55.7 Å². The number of amides is 3. The van der Waals surface area contributed by atoms with E-state index in [0.717, 1.165) is 12.1 Å². The van der Waals surface area contributed by atoms with E-state index in [1.54, 1.807) is 21.6 Å². The van der Waals surface area contributed by atoms with Gasteiger partial charge in [0.1, 0.15) is 6.04 Å². The van der Waals surface area contributed by atoms with Gasteiger partial charge in [-0.1, -0.05) is 12.1 Å². The van der Waals surface area contributed by atoms with Gasteiger partial charge in [-0.3, -0.25) is 14.4 Å². The van der Waals surface area contributed by atoms with Gasteiger partial charge in [0.2, 0.25) is 17.7 Å². The maximum atomic E-state index is 13.2. The highest BCUT2D eigenvalue weighted by Gasteiger charge is 2.53. The lowest BCUT2D eigenvalue weighted by molar-refractivity contribution is -0.138. The zero-order valence-corrected chi connectivity index (χ0v) is 17.9. The molecular formula is C21H24F3N3O3S. The molecule has 3 aliphatic rings. The van der Waals surface area contributed by atoms with Gasteiger partial charge in [-0.15, -0.1) is 11.8 Å². The van der Waals surface area contributed by atoms with Gasteiger partial charge in [-0.05, 0) is 37.5 Å². The summed E-state index contributed by atoms with van der Waals surface area (Å²) in [5, 5.41) is 2.84. The molecule has 0 aliphatic carbocycles. The van der Waals surface area contributed by atoms with E-state index >= 15 is 0 Å². The lowest BCUT2D eigenvalue weighted by Crippen LogP contribution is -2.51. The molecule has 3 amide bonds. The number of carbonyl (C=O) groups excluding carboxylic acids is 3. The van der Waals surface area contributed by atoms with Crippen molar-refractivity contribution >= 4 is 29.5 Å². The van der Waals surface area contributed by atoms with Crippen LogP contribution in [0.25, 0.3) is 0 Å². The number of carbonyl (C=O) groups is 3. The number of halogens is 3.